The molecular weight excluding hydrogens is 1160 g/mol. The maximum Gasteiger partial charge on any atom is 0.333 e. The lowest BCUT2D eigenvalue weighted by atomic mass is 9.81. The lowest BCUT2D eigenvalue weighted by Crippen LogP contribution is -2.50. The van der Waals surface area contributed by atoms with E-state index in [1.165, 1.54) is 18.7 Å². The lowest BCUT2D eigenvalue weighted by Gasteiger charge is -2.36. The van der Waals surface area contributed by atoms with Gasteiger partial charge in [0.05, 0.1) is 51.4 Å². The van der Waals surface area contributed by atoms with Gasteiger partial charge < -0.3 is 37.9 Å². The van der Waals surface area contributed by atoms with Gasteiger partial charge in [-0.25, -0.2) is 14.4 Å². The summed E-state index contributed by atoms with van der Waals surface area (Å²) < 4.78 is 43.5. The zero-order valence-electron chi connectivity index (χ0n) is 45.0. The summed E-state index contributed by atoms with van der Waals surface area (Å²) in [5.41, 5.74) is 1.15. The lowest BCUT2D eigenvalue weighted by molar-refractivity contribution is -0.165. The molecular formula is C58H62Br2N2O17. The maximum atomic E-state index is 14.9. The van der Waals surface area contributed by atoms with Gasteiger partial charge in [-0.3, -0.25) is 38.6 Å². The molecule has 2 heterocycles. The number of rotatable bonds is 28. The van der Waals surface area contributed by atoms with Crippen LogP contribution in [0.2, 0.25) is 0 Å². The zero-order valence-corrected chi connectivity index (χ0v) is 48.2. The van der Waals surface area contributed by atoms with E-state index in [-0.39, 0.29) is 84.7 Å². The van der Waals surface area contributed by atoms with Crippen molar-refractivity contribution in [3.8, 4) is 0 Å². The normalized spacial score (nSPS) is 14.1. The number of halogens is 2. The highest BCUT2D eigenvalue weighted by Crippen LogP contribution is 2.51. The number of carbonyl (C=O) groups excluding carboxylic acids is 9. The first-order chi connectivity index (χ1) is 37.5. The van der Waals surface area contributed by atoms with Crippen molar-refractivity contribution in [2.45, 2.75) is 85.4 Å². The third kappa shape index (κ3) is 13.2. The van der Waals surface area contributed by atoms with Crippen LogP contribution in [0.4, 0.5) is 0 Å². The van der Waals surface area contributed by atoms with Crippen LogP contribution in [-0.2, 0) is 61.9 Å². The van der Waals surface area contributed by atoms with Crippen molar-refractivity contribution in [2.75, 3.05) is 66.6 Å². The summed E-state index contributed by atoms with van der Waals surface area (Å²) >= 11 is 7.55. The maximum absolute atomic E-state index is 14.9. The summed E-state index contributed by atoms with van der Waals surface area (Å²) in [4.78, 5) is 124. The molecule has 5 aromatic carbocycles. The second kappa shape index (κ2) is 26.1. The van der Waals surface area contributed by atoms with Gasteiger partial charge in [-0.1, -0.05) is 84.8 Å². The number of benzene rings is 5. The molecule has 420 valence electrons. The first-order valence-corrected chi connectivity index (χ1v) is 27.3. The number of hydrogen-bond donors (Lipinski definition) is 0. The standard InChI is InChI=1S/C58H62Br2N2O17/c1-29(2)20-33(24-75-44(63)14-15-45(64)79-35(26-77-57(70)31(5)6)27-78-58(71)32(7)8)61-53(66)38-12-10-36-50-43(60)23-41-48-39(13-11-37(52(48)50)49-42(59)22-40(55(61)68)47(38)51(36)49)54(67)62(56(41)69)34(21-30(3)4)25-76-46(65)28-74-19-18-73-17-16-72-9/h10-13,22-23,29-30,33-35H,5,7,14-21,24-28H2,1-4,6,8-9H3. The van der Waals surface area contributed by atoms with E-state index in [0.717, 1.165) is 4.90 Å². The molecule has 2 unspecified atom stereocenters. The monoisotopic (exact) mass is 1220 g/mol. The van der Waals surface area contributed by atoms with Gasteiger partial charge in [-0.2, -0.15) is 0 Å². The number of amides is 4. The Morgan fingerprint density at radius 2 is 0.937 bits per heavy atom. The van der Waals surface area contributed by atoms with E-state index in [2.05, 4.69) is 45.0 Å². The Bertz CT molecular complexity index is 3260. The Balaban J connectivity index is 1.13. The predicted octanol–water partition coefficient (Wildman–Crippen LogP) is 8.98. The van der Waals surface area contributed by atoms with Crippen molar-refractivity contribution in [3.63, 3.8) is 0 Å². The Kier molecular flexibility index (Phi) is 19.8. The van der Waals surface area contributed by atoms with Gasteiger partial charge in [0.1, 0.15) is 33.0 Å². The molecule has 2 atom stereocenters. The average molecular weight is 1220 g/mol. The van der Waals surface area contributed by atoms with Crippen molar-refractivity contribution in [2.24, 2.45) is 11.8 Å². The smallest absolute Gasteiger partial charge is 0.333 e. The Labute approximate surface area is 472 Å². The molecule has 0 radical (unpaired) electrons. The fraction of sp³-hybridized carbons (Fsp3) is 0.431. The predicted molar refractivity (Wildman–Crippen MR) is 297 cm³/mol. The van der Waals surface area contributed by atoms with E-state index in [0.29, 0.717) is 71.7 Å². The number of methoxy groups -OCH3 is 1. The van der Waals surface area contributed by atoms with E-state index in [1.54, 1.807) is 43.5 Å². The number of carbonyl (C=O) groups is 9. The summed E-state index contributed by atoms with van der Waals surface area (Å²) in [6.45, 7) is 16.9. The molecule has 0 N–H and O–H groups in total. The van der Waals surface area contributed by atoms with Crippen LogP contribution in [0.5, 0.6) is 0 Å². The van der Waals surface area contributed by atoms with E-state index in [1.807, 2.05) is 27.7 Å². The van der Waals surface area contributed by atoms with Gasteiger partial charge in [0.25, 0.3) is 23.6 Å². The highest BCUT2D eigenvalue weighted by molar-refractivity contribution is 9.11. The van der Waals surface area contributed by atoms with E-state index in [4.69, 9.17) is 37.9 Å². The molecule has 0 spiro atoms. The van der Waals surface area contributed by atoms with Crippen molar-refractivity contribution >= 4 is 128 Å². The molecule has 5 aromatic rings. The van der Waals surface area contributed by atoms with Crippen LogP contribution in [0.1, 0.15) is 109 Å². The molecule has 4 amide bonds. The van der Waals surface area contributed by atoms with Gasteiger partial charge in [0.2, 0.25) is 0 Å². The minimum Gasteiger partial charge on any atom is -0.463 e. The molecule has 0 aliphatic carbocycles. The fourth-order valence-electron chi connectivity index (χ4n) is 9.81. The second-order valence-electron chi connectivity index (χ2n) is 20.3. The van der Waals surface area contributed by atoms with Gasteiger partial charge in [-0.05, 0) is 73.6 Å². The van der Waals surface area contributed by atoms with Crippen molar-refractivity contribution in [1.82, 2.24) is 9.80 Å². The van der Waals surface area contributed by atoms with Crippen molar-refractivity contribution < 1.29 is 81.0 Å². The molecule has 0 aromatic heterocycles. The molecule has 0 bridgehead atoms. The Morgan fingerprint density at radius 3 is 1.38 bits per heavy atom. The zero-order chi connectivity index (χ0) is 57.6. The molecule has 0 saturated carbocycles. The quantitative estimate of drug-likeness (QED) is 0.00864. The summed E-state index contributed by atoms with van der Waals surface area (Å²) in [7, 11) is 1.56. The molecule has 2 aliphatic rings. The van der Waals surface area contributed by atoms with Crippen LogP contribution < -0.4 is 0 Å². The van der Waals surface area contributed by atoms with Crippen LogP contribution in [0.15, 0.2) is 69.6 Å². The number of hydrogen-bond acceptors (Lipinski definition) is 17. The Hall–Kier alpha value is -6.65. The number of nitrogens with zero attached hydrogens (tertiary/aromatic N) is 2. The largest absolute Gasteiger partial charge is 0.463 e. The SMILES string of the molecule is C=C(C)C(=O)OCC(COC(=O)C(=C)C)OC(=O)CCC(=O)OCC(CC(C)C)N1C(=O)c2ccc3c4c(Br)cc5c6c(ccc(c7c(Br)cc(c2c37)C1=O)c64)C(=O)N(C(COC(=O)COCCOCCOC)CC(C)C)C5=O. The fourth-order valence-corrected chi connectivity index (χ4v) is 11.1. The highest BCUT2D eigenvalue weighted by atomic mass is 79.9. The number of esters is 5. The summed E-state index contributed by atoms with van der Waals surface area (Å²) in [5.74, 6) is -6.30. The molecule has 79 heavy (non-hydrogen) atoms. The number of ether oxygens (including phenoxy) is 8. The molecule has 2 aliphatic heterocycles. The van der Waals surface area contributed by atoms with E-state index >= 15 is 0 Å². The molecule has 21 heteroatoms. The first-order valence-electron chi connectivity index (χ1n) is 25.7. The molecule has 0 fully saturated rings. The minimum absolute atomic E-state index is 0.00766. The van der Waals surface area contributed by atoms with Crippen LogP contribution in [0.25, 0.3) is 43.1 Å². The van der Waals surface area contributed by atoms with Gasteiger partial charge in [0, 0.05) is 81.8 Å². The van der Waals surface area contributed by atoms with Crippen molar-refractivity contribution in [3.05, 3.63) is 91.9 Å². The second-order valence-corrected chi connectivity index (χ2v) is 22.0. The Morgan fingerprint density at radius 1 is 0.519 bits per heavy atom. The third-order valence-electron chi connectivity index (χ3n) is 13.2. The van der Waals surface area contributed by atoms with Crippen molar-refractivity contribution in [1.29, 1.82) is 0 Å². The van der Waals surface area contributed by atoms with Gasteiger partial charge in [-0.15, -0.1) is 0 Å². The van der Waals surface area contributed by atoms with E-state index in [9.17, 15) is 43.2 Å². The molecule has 0 saturated heterocycles. The minimum atomic E-state index is -1.21. The summed E-state index contributed by atoms with van der Waals surface area (Å²) in [6.07, 6.45) is -1.53. The highest BCUT2D eigenvalue weighted by Gasteiger charge is 2.42. The van der Waals surface area contributed by atoms with Crippen LogP contribution in [0, 0.1) is 11.8 Å². The summed E-state index contributed by atoms with van der Waals surface area (Å²) in [5, 5.41) is 4.62. The average Bonchev–Trinajstić information content (AvgIpc) is 3.51. The van der Waals surface area contributed by atoms with Crippen LogP contribution >= 0.6 is 31.9 Å². The van der Waals surface area contributed by atoms with Gasteiger partial charge in [0.15, 0.2) is 6.10 Å². The number of imide groups is 2. The topological polar surface area (TPSA) is 234 Å². The van der Waals surface area contributed by atoms with Crippen LogP contribution in [0.3, 0.4) is 0 Å². The third-order valence-corrected chi connectivity index (χ3v) is 14.5. The summed E-state index contributed by atoms with van der Waals surface area (Å²) in [6, 6.07) is 8.47. The van der Waals surface area contributed by atoms with Gasteiger partial charge >= 0.3 is 29.8 Å². The molecule has 7 rings (SSSR count). The number of fused-ring (bicyclic) bond motifs is 2. The van der Waals surface area contributed by atoms with Crippen LogP contribution in [-0.4, -0.2) is 148 Å². The first kappa shape index (κ1) is 60.0. The molecule has 19 nitrogen and oxygen atoms in total. The van der Waals surface area contributed by atoms with E-state index < -0.39 is 97.7 Å².